The van der Waals surface area contributed by atoms with E-state index in [1.807, 2.05) is 20.8 Å². The van der Waals surface area contributed by atoms with Gasteiger partial charge in [-0.2, -0.15) is 0 Å². The number of benzene rings is 1. The molecule has 0 aliphatic heterocycles. The average Bonchev–Trinajstić information content (AvgIpc) is 3.15. The highest BCUT2D eigenvalue weighted by molar-refractivity contribution is 7.92. The molecule has 0 N–H and O–H groups in total. The SMILES string of the molecule is Cc1cc(S(=O)(=O)N(Cc2ccco2)c2ccccn2)ccc1OC(C)C. The van der Waals surface area contributed by atoms with Crippen LogP contribution in [0.15, 0.2) is 70.3 Å². The van der Waals surface area contributed by atoms with Crippen LogP contribution in [0.5, 0.6) is 5.75 Å². The molecule has 0 aliphatic rings. The van der Waals surface area contributed by atoms with Crippen molar-refractivity contribution in [1.29, 1.82) is 0 Å². The summed E-state index contributed by atoms with van der Waals surface area (Å²) < 4.78 is 39.0. The van der Waals surface area contributed by atoms with Crippen LogP contribution in [0.25, 0.3) is 0 Å². The Morgan fingerprint density at radius 3 is 2.56 bits per heavy atom. The lowest BCUT2D eigenvalue weighted by molar-refractivity contribution is 0.240. The molecule has 0 bridgehead atoms. The summed E-state index contributed by atoms with van der Waals surface area (Å²) >= 11 is 0. The van der Waals surface area contributed by atoms with Crippen LogP contribution in [0, 0.1) is 6.92 Å². The highest BCUT2D eigenvalue weighted by Crippen LogP contribution is 2.28. The summed E-state index contributed by atoms with van der Waals surface area (Å²) in [7, 11) is -3.84. The molecular weight excluding hydrogens is 364 g/mol. The van der Waals surface area contributed by atoms with E-state index in [1.165, 1.54) is 10.6 Å². The van der Waals surface area contributed by atoms with Gasteiger partial charge in [-0.3, -0.25) is 0 Å². The van der Waals surface area contributed by atoms with Crippen LogP contribution in [0.3, 0.4) is 0 Å². The number of pyridine rings is 1. The largest absolute Gasteiger partial charge is 0.491 e. The molecule has 3 rings (SSSR count). The third-order valence-electron chi connectivity index (χ3n) is 3.88. The number of anilines is 1. The normalized spacial score (nSPS) is 11.6. The van der Waals surface area contributed by atoms with E-state index in [9.17, 15) is 8.42 Å². The predicted molar refractivity (Wildman–Crippen MR) is 103 cm³/mol. The van der Waals surface area contributed by atoms with E-state index in [0.717, 1.165) is 5.56 Å². The highest BCUT2D eigenvalue weighted by atomic mass is 32.2. The zero-order valence-electron chi connectivity index (χ0n) is 15.5. The van der Waals surface area contributed by atoms with E-state index in [4.69, 9.17) is 9.15 Å². The smallest absolute Gasteiger partial charge is 0.265 e. The van der Waals surface area contributed by atoms with Crippen molar-refractivity contribution in [2.24, 2.45) is 0 Å². The third kappa shape index (κ3) is 4.31. The number of rotatable bonds is 7. The summed E-state index contributed by atoms with van der Waals surface area (Å²) in [5.41, 5.74) is 0.753. The van der Waals surface area contributed by atoms with E-state index in [-0.39, 0.29) is 17.5 Å². The fourth-order valence-electron chi connectivity index (χ4n) is 2.63. The van der Waals surface area contributed by atoms with Crippen LogP contribution >= 0.6 is 0 Å². The number of aryl methyl sites for hydroxylation is 1. The first-order chi connectivity index (χ1) is 12.9. The molecule has 0 aliphatic carbocycles. The minimum Gasteiger partial charge on any atom is -0.491 e. The van der Waals surface area contributed by atoms with Gasteiger partial charge in [0.05, 0.1) is 23.8 Å². The minimum atomic E-state index is -3.84. The lowest BCUT2D eigenvalue weighted by Crippen LogP contribution is -2.31. The Labute approximate surface area is 159 Å². The van der Waals surface area contributed by atoms with E-state index < -0.39 is 10.0 Å². The van der Waals surface area contributed by atoms with Gasteiger partial charge in [-0.15, -0.1) is 0 Å². The second-order valence-corrected chi connectivity index (χ2v) is 8.24. The van der Waals surface area contributed by atoms with Gasteiger partial charge in [0.25, 0.3) is 10.0 Å². The molecule has 0 radical (unpaired) electrons. The average molecular weight is 386 g/mol. The first kappa shape index (κ1) is 19.0. The number of hydrogen-bond donors (Lipinski definition) is 0. The summed E-state index contributed by atoms with van der Waals surface area (Å²) in [5.74, 6) is 1.52. The molecule has 0 atom stereocenters. The molecule has 0 amide bonds. The van der Waals surface area contributed by atoms with Gasteiger partial charge < -0.3 is 9.15 Å². The van der Waals surface area contributed by atoms with Gasteiger partial charge in [0, 0.05) is 6.20 Å². The highest BCUT2D eigenvalue weighted by Gasteiger charge is 2.27. The van der Waals surface area contributed by atoms with Crippen molar-refractivity contribution in [1.82, 2.24) is 4.98 Å². The van der Waals surface area contributed by atoms with Gasteiger partial charge in [0.2, 0.25) is 0 Å². The van der Waals surface area contributed by atoms with Crippen molar-refractivity contribution in [3.8, 4) is 5.75 Å². The molecule has 0 saturated heterocycles. The summed E-state index contributed by atoms with van der Waals surface area (Å²) in [6, 6.07) is 13.5. The van der Waals surface area contributed by atoms with Crippen LogP contribution in [-0.4, -0.2) is 19.5 Å². The Hall–Kier alpha value is -2.80. The molecule has 0 unspecified atom stereocenters. The topological polar surface area (TPSA) is 72.6 Å². The van der Waals surface area contributed by atoms with Crippen molar-refractivity contribution in [3.63, 3.8) is 0 Å². The van der Waals surface area contributed by atoms with Gasteiger partial charge in [-0.25, -0.2) is 17.7 Å². The molecule has 0 fully saturated rings. The molecule has 3 aromatic rings. The molecule has 27 heavy (non-hydrogen) atoms. The zero-order chi connectivity index (χ0) is 19.4. The van der Waals surface area contributed by atoms with Crippen molar-refractivity contribution < 1.29 is 17.6 Å². The molecule has 6 nitrogen and oxygen atoms in total. The van der Waals surface area contributed by atoms with E-state index in [0.29, 0.717) is 17.3 Å². The van der Waals surface area contributed by atoms with Gasteiger partial charge in [0.15, 0.2) is 0 Å². The number of aromatic nitrogens is 1. The van der Waals surface area contributed by atoms with E-state index >= 15 is 0 Å². The van der Waals surface area contributed by atoms with Crippen molar-refractivity contribution in [2.75, 3.05) is 4.31 Å². The monoisotopic (exact) mass is 386 g/mol. The Kier molecular flexibility index (Phi) is 5.51. The Bertz CT molecular complexity index is 984. The molecule has 1 aromatic carbocycles. The van der Waals surface area contributed by atoms with Gasteiger partial charge in [-0.05, 0) is 68.8 Å². The Morgan fingerprint density at radius 2 is 1.96 bits per heavy atom. The maximum absolute atomic E-state index is 13.3. The number of hydrogen-bond acceptors (Lipinski definition) is 5. The number of sulfonamides is 1. The summed E-state index contributed by atoms with van der Waals surface area (Å²) in [6.45, 7) is 5.73. The quantitative estimate of drug-likeness (QED) is 0.609. The first-order valence-electron chi connectivity index (χ1n) is 8.61. The fourth-order valence-corrected chi connectivity index (χ4v) is 4.10. The summed E-state index contributed by atoms with van der Waals surface area (Å²) in [6.07, 6.45) is 3.08. The van der Waals surface area contributed by atoms with Crippen molar-refractivity contribution in [2.45, 2.75) is 38.3 Å². The van der Waals surface area contributed by atoms with Crippen molar-refractivity contribution in [3.05, 3.63) is 72.3 Å². The van der Waals surface area contributed by atoms with Gasteiger partial charge >= 0.3 is 0 Å². The standard InChI is InChI=1S/C20H22N2O4S/c1-15(2)26-19-10-9-18(13-16(19)3)27(23,24)22(14-17-7-6-12-25-17)20-8-4-5-11-21-20/h4-13,15H,14H2,1-3H3. The lowest BCUT2D eigenvalue weighted by atomic mass is 10.2. The van der Waals surface area contributed by atoms with E-state index in [1.54, 1.807) is 54.7 Å². The minimum absolute atomic E-state index is 0.00938. The molecule has 0 saturated carbocycles. The Morgan fingerprint density at radius 1 is 1.15 bits per heavy atom. The molecule has 142 valence electrons. The van der Waals surface area contributed by atoms with Crippen LogP contribution in [0.2, 0.25) is 0 Å². The molecule has 0 spiro atoms. The molecule has 2 heterocycles. The third-order valence-corrected chi connectivity index (χ3v) is 5.63. The molecular formula is C20H22N2O4S. The fraction of sp³-hybridized carbons (Fsp3) is 0.250. The lowest BCUT2D eigenvalue weighted by Gasteiger charge is -2.23. The predicted octanol–water partition coefficient (Wildman–Crippen LogP) is 4.17. The number of nitrogens with zero attached hydrogens (tertiary/aromatic N) is 2. The number of ether oxygens (including phenoxy) is 1. The van der Waals surface area contributed by atoms with Gasteiger partial charge in [-0.1, -0.05) is 6.07 Å². The van der Waals surface area contributed by atoms with Crippen LogP contribution < -0.4 is 9.04 Å². The van der Waals surface area contributed by atoms with Crippen molar-refractivity contribution >= 4 is 15.8 Å². The number of furan rings is 1. The zero-order valence-corrected chi connectivity index (χ0v) is 16.3. The molecule has 2 aromatic heterocycles. The maximum atomic E-state index is 13.3. The van der Waals surface area contributed by atoms with Crippen LogP contribution in [0.4, 0.5) is 5.82 Å². The van der Waals surface area contributed by atoms with E-state index in [2.05, 4.69) is 4.98 Å². The first-order valence-corrected chi connectivity index (χ1v) is 10.1. The second kappa shape index (κ2) is 7.84. The second-order valence-electron chi connectivity index (χ2n) is 6.37. The maximum Gasteiger partial charge on any atom is 0.265 e. The Balaban J connectivity index is 2.01. The molecule has 7 heteroatoms. The summed E-state index contributed by atoms with van der Waals surface area (Å²) in [5, 5.41) is 0. The summed E-state index contributed by atoms with van der Waals surface area (Å²) in [4.78, 5) is 4.39. The van der Waals surface area contributed by atoms with Crippen LogP contribution in [-0.2, 0) is 16.6 Å². The van der Waals surface area contributed by atoms with Crippen LogP contribution in [0.1, 0.15) is 25.2 Å². The van der Waals surface area contributed by atoms with Gasteiger partial charge in [0.1, 0.15) is 17.3 Å².